The van der Waals surface area contributed by atoms with Crippen LogP contribution in [0.2, 0.25) is 5.02 Å². The Labute approximate surface area is 221 Å². The first-order valence-corrected chi connectivity index (χ1v) is 12.3. The smallest absolute Gasteiger partial charge is 0.158 e. The molecule has 3 N–H and O–H groups in total. The van der Waals surface area contributed by atoms with Crippen LogP contribution < -0.4 is 15.4 Å². The van der Waals surface area contributed by atoms with E-state index in [1.165, 1.54) is 18.5 Å². The summed E-state index contributed by atoms with van der Waals surface area (Å²) in [7, 11) is 4.09. The number of H-pyrrole nitrogens is 1. The van der Waals surface area contributed by atoms with Crippen LogP contribution in [-0.2, 0) is 6.61 Å². The van der Waals surface area contributed by atoms with Gasteiger partial charge in [-0.1, -0.05) is 42.0 Å². The monoisotopic (exact) mass is 520 g/mol. The van der Waals surface area contributed by atoms with Gasteiger partial charge < -0.3 is 25.3 Å². The maximum Gasteiger partial charge on any atom is 0.158 e. The van der Waals surface area contributed by atoms with Gasteiger partial charge in [-0.3, -0.25) is 0 Å². The van der Waals surface area contributed by atoms with Crippen molar-refractivity contribution in [2.75, 3.05) is 39.0 Å². The van der Waals surface area contributed by atoms with Crippen molar-refractivity contribution >= 4 is 40.2 Å². The molecule has 2 aromatic carbocycles. The molecule has 0 spiro atoms. The fourth-order valence-electron chi connectivity index (χ4n) is 3.57. The Morgan fingerprint density at radius 1 is 1.05 bits per heavy atom. The Balaban J connectivity index is 1.36. The lowest BCUT2D eigenvalue weighted by Gasteiger charge is -2.11. The van der Waals surface area contributed by atoms with Gasteiger partial charge in [-0.25, -0.2) is 14.4 Å². The van der Waals surface area contributed by atoms with Crippen LogP contribution in [0.3, 0.4) is 0 Å². The topological polar surface area (TPSA) is 78.1 Å². The van der Waals surface area contributed by atoms with E-state index >= 15 is 0 Å². The maximum atomic E-state index is 13.4. The molecule has 7 nitrogen and oxygen atoms in total. The first-order chi connectivity index (χ1) is 18.0. The van der Waals surface area contributed by atoms with Crippen molar-refractivity contribution in [3.05, 3.63) is 95.2 Å². The lowest BCUT2D eigenvalue weighted by atomic mass is 10.2. The molecule has 0 unspecified atom stereocenters. The van der Waals surface area contributed by atoms with Gasteiger partial charge in [0.1, 0.15) is 30.0 Å². The van der Waals surface area contributed by atoms with Gasteiger partial charge in [0.25, 0.3) is 0 Å². The summed E-state index contributed by atoms with van der Waals surface area (Å²) in [6.45, 7) is 2.73. The van der Waals surface area contributed by atoms with E-state index < -0.39 is 0 Å². The minimum Gasteiger partial charge on any atom is -0.487 e. The van der Waals surface area contributed by atoms with E-state index in [1.807, 2.05) is 32.3 Å². The Kier molecular flexibility index (Phi) is 9.26. The molecule has 37 heavy (non-hydrogen) atoms. The van der Waals surface area contributed by atoms with E-state index in [0.717, 1.165) is 47.6 Å². The van der Waals surface area contributed by atoms with Crippen LogP contribution in [0.25, 0.3) is 17.1 Å². The quantitative estimate of drug-likeness (QED) is 0.162. The average molecular weight is 521 g/mol. The van der Waals surface area contributed by atoms with E-state index in [-0.39, 0.29) is 12.4 Å². The molecule has 0 aliphatic heterocycles. The van der Waals surface area contributed by atoms with E-state index in [2.05, 4.69) is 48.7 Å². The zero-order valence-corrected chi connectivity index (χ0v) is 21.6. The molecular weight excluding hydrogens is 491 g/mol. The number of nitrogens with zero attached hydrogens (tertiary/aromatic N) is 3. The number of rotatable bonds is 12. The second-order valence-corrected chi connectivity index (χ2v) is 9.10. The summed E-state index contributed by atoms with van der Waals surface area (Å²) in [6, 6.07) is 13.6. The van der Waals surface area contributed by atoms with Gasteiger partial charge in [0.15, 0.2) is 5.82 Å². The third kappa shape index (κ3) is 7.88. The van der Waals surface area contributed by atoms with Crippen LogP contribution in [-0.4, -0.2) is 53.6 Å². The van der Waals surface area contributed by atoms with Gasteiger partial charge in [-0.05, 0) is 62.1 Å². The summed E-state index contributed by atoms with van der Waals surface area (Å²) in [5, 5.41) is 7.08. The number of halogens is 2. The molecule has 192 valence electrons. The van der Waals surface area contributed by atoms with Crippen LogP contribution in [0.5, 0.6) is 5.75 Å². The van der Waals surface area contributed by atoms with Crippen molar-refractivity contribution in [1.82, 2.24) is 25.2 Å². The molecule has 4 rings (SSSR count). The summed E-state index contributed by atoms with van der Waals surface area (Å²) in [5.41, 5.74) is 4.01. The summed E-state index contributed by atoms with van der Waals surface area (Å²) in [4.78, 5) is 14.2. The lowest BCUT2D eigenvalue weighted by Crippen LogP contribution is -2.14. The highest BCUT2D eigenvalue weighted by molar-refractivity contribution is 6.32. The van der Waals surface area contributed by atoms with Crippen molar-refractivity contribution in [3.8, 4) is 5.75 Å². The second kappa shape index (κ2) is 13.0. The molecule has 0 saturated carbocycles. The fraction of sp³-hybridized carbons (Fsp3) is 0.214. The molecule has 0 bridgehead atoms. The standard InChI is InChI=1S/C28H30ClFN6O/c1-36(2)14-4-3-12-31-13-6-9-22-17-25-27(34-22)28(33-19-32-25)35-23-10-11-26(24(29)16-23)37-18-20-7-5-8-21(30)15-20/h3-11,15-17,19,31,34H,12-14,18H2,1-2H3,(H,32,33,35). The third-order valence-electron chi connectivity index (χ3n) is 5.38. The Morgan fingerprint density at radius 3 is 2.73 bits per heavy atom. The van der Waals surface area contributed by atoms with Gasteiger partial charge in [-0.15, -0.1) is 0 Å². The van der Waals surface area contributed by atoms with Crippen molar-refractivity contribution in [1.29, 1.82) is 0 Å². The molecule has 2 aromatic heterocycles. The molecular formula is C28H30ClFN6O. The normalized spacial score (nSPS) is 11.8. The number of hydrogen-bond donors (Lipinski definition) is 3. The molecule has 0 aliphatic carbocycles. The Bertz CT molecular complexity index is 1380. The number of benzene rings is 2. The fourth-order valence-corrected chi connectivity index (χ4v) is 3.80. The molecule has 0 amide bonds. The molecule has 0 saturated heterocycles. The Hall–Kier alpha value is -3.72. The largest absolute Gasteiger partial charge is 0.487 e. The summed E-state index contributed by atoms with van der Waals surface area (Å²) >= 11 is 6.44. The summed E-state index contributed by atoms with van der Waals surface area (Å²) < 4.78 is 19.1. The molecule has 2 heterocycles. The van der Waals surface area contributed by atoms with Gasteiger partial charge in [0.2, 0.25) is 0 Å². The van der Waals surface area contributed by atoms with Crippen LogP contribution in [0.15, 0.2) is 73.1 Å². The van der Waals surface area contributed by atoms with Crippen molar-refractivity contribution in [2.45, 2.75) is 6.61 Å². The predicted molar refractivity (Wildman–Crippen MR) is 149 cm³/mol. The molecule has 0 atom stereocenters. The highest BCUT2D eigenvalue weighted by Gasteiger charge is 2.10. The van der Waals surface area contributed by atoms with Crippen LogP contribution >= 0.6 is 11.6 Å². The van der Waals surface area contributed by atoms with E-state index in [4.69, 9.17) is 16.3 Å². The highest BCUT2D eigenvalue weighted by Crippen LogP contribution is 2.31. The van der Waals surface area contributed by atoms with Crippen molar-refractivity contribution in [3.63, 3.8) is 0 Å². The number of aromatic nitrogens is 3. The zero-order chi connectivity index (χ0) is 26.0. The maximum absolute atomic E-state index is 13.4. The SMILES string of the molecule is CN(C)CC=CCNCC=Cc1cc2ncnc(Nc3ccc(OCc4cccc(F)c4)c(Cl)c3)c2[nH]1. The van der Waals surface area contributed by atoms with Gasteiger partial charge >= 0.3 is 0 Å². The Morgan fingerprint density at radius 2 is 1.92 bits per heavy atom. The molecule has 4 aromatic rings. The van der Waals surface area contributed by atoms with Gasteiger partial charge in [0.05, 0.1) is 10.5 Å². The molecule has 0 radical (unpaired) electrons. The lowest BCUT2D eigenvalue weighted by molar-refractivity contribution is 0.306. The second-order valence-electron chi connectivity index (χ2n) is 8.69. The number of likely N-dealkylation sites (N-methyl/N-ethyl adjacent to an activating group) is 1. The first kappa shape index (κ1) is 26.3. The zero-order valence-electron chi connectivity index (χ0n) is 20.8. The van der Waals surface area contributed by atoms with Crippen molar-refractivity contribution < 1.29 is 9.13 Å². The molecule has 9 heteroatoms. The number of anilines is 2. The average Bonchev–Trinajstić information content (AvgIpc) is 3.29. The number of ether oxygens (including phenoxy) is 1. The van der Waals surface area contributed by atoms with Crippen LogP contribution in [0.4, 0.5) is 15.9 Å². The first-order valence-electron chi connectivity index (χ1n) is 11.9. The summed E-state index contributed by atoms with van der Waals surface area (Å²) in [5.74, 6) is 0.850. The molecule has 0 aliphatic rings. The minimum atomic E-state index is -0.300. The van der Waals surface area contributed by atoms with E-state index in [9.17, 15) is 4.39 Å². The van der Waals surface area contributed by atoms with Crippen molar-refractivity contribution in [2.24, 2.45) is 0 Å². The summed E-state index contributed by atoms with van der Waals surface area (Å²) in [6.07, 6.45) is 9.87. The highest BCUT2D eigenvalue weighted by atomic mass is 35.5. The number of hydrogen-bond acceptors (Lipinski definition) is 6. The van der Waals surface area contributed by atoms with Gasteiger partial charge in [-0.2, -0.15) is 0 Å². The van der Waals surface area contributed by atoms with Gasteiger partial charge in [0, 0.05) is 31.0 Å². The molecule has 0 fully saturated rings. The predicted octanol–water partition coefficient (Wildman–Crippen LogP) is 5.79. The minimum absolute atomic E-state index is 0.220. The third-order valence-corrected chi connectivity index (χ3v) is 5.67. The van der Waals surface area contributed by atoms with Crippen LogP contribution in [0.1, 0.15) is 11.3 Å². The van der Waals surface area contributed by atoms with E-state index in [0.29, 0.717) is 16.6 Å². The number of fused-ring (bicyclic) bond motifs is 1. The van der Waals surface area contributed by atoms with E-state index in [1.54, 1.807) is 24.3 Å². The number of aromatic amines is 1. The van der Waals surface area contributed by atoms with Crippen LogP contribution in [0, 0.1) is 5.82 Å². The number of nitrogens with one attached hydrogen (secondary N) is 3.